The topological polar surface area (TPSA) is 63.9 Å². The normalized spacial score (nSPS) is 16.0. The largest absolute Gasteiger partial charge is 0.463 e. The van der Waals surface area contributed by atoms with Gasteiger partial charge >= 0.3 is 5.97 Å². The van der Waals surface area contributed by atoms with E-state index in [-0.39, 0.29) is 12.2 Å². The molecule has 0 unspecified atom stereocenters. The van der Waals surface area contributed by atoms with Gasteiger partial charge in [0.1, 0.15) is 6.04 Å². The fourth-order valence-electron chi connectivity index (χ4n) is 3.63. The Morgan fingerprint density at radius 1 is 1.34 bits per heavy atom. The number of allylic oxidation sites excluding steroid dienone is 1. The third-order valence-corrected chi connectivity index (χ3v) is 7.62. The third kappa shape index (κ3) is 4.12. The quantitative estimate of drug-likeness (QED) is 0.471. The molecule has 166 valence electrons. The van der Waals surface area contributed by atoms with Gasteiger partial charge in [0, 0.05) is 23.4 Å². The SMILES string of the molecule is CCOC(=O)C1=C(C)N=c2s/c(=C/c3ccc(N(C)C)c(Br)c3)c(=O)n2[C@@H]1c1cccs1. The van der Waals surface area contributed by atoms with Crippen LogP contribution in [0.4, 0.5) is 5.69 Å². The number of carbonyl (C=O) groups is 1. The molecule has 0 fully saturated rings. The van der Waals surface area contributed by atoms with Crippen LogP contribution in [0.3, 0.4) is 0 Å². The second-order valence-corrected chi connectivity index (χ2v) is 10.3. The molecule has 0 spiro atoms. The fraction of sp³-hybridized carbons (Fsp3) is 0.261. The molecule has 0 saturated carbocycles. The molecule has 0 bridgehead atoms. The Morgan fingerprint density at radius 2 is 2.12 bits per heavy atom. The van der Waals surface area contributed by atoms with E-state index in [4.69, 9.17) is 4.74 Å². The van der Waals surface area contributed by atoms with Crippen LogP contribution in [-0.4, -0.2) is 31.2 Å². The molecular formula is C23H22BrN3O3S2. The fourth-order valence-corrected chi connectivity index (χ4v) is 6.26. The molecule has 1 aromatic carbocycles. The third-order valence-electron chi connectivity index (χ3n) is 5.08. The predicted octanol–water partition coefficient (Wildman–Crippen LogP) is 3.69. The number of nitrogens with zero attached hydrogens (tertiary/aromatic N) is 3. The lowest BCUT2D eigenvalue weighted by Crippen LogP contribution is -2.39. The minimum atomic E-state index is -0.546. The average Bonchev–Trinajstić information content (AvgIpc) is 3.36. The number of thiazole rings is 1. The zero-order valence-corrected chi connectivity index (χ0v) is 21.3. The van der Waals surface area contributed by atoms with Crippen molar-refractivity contribution in [3.8, 4) is 0 Å². The highest BCUT2D eigenvalue weighted by atomic mass is 79.9. The van der Waals surface area contributed by atoms with Gasteiger partial charge < -0.3 is 9.64 Å². The van der Waals surface area contributed by atoms with E-state index in [1.165, 1.54) is 22.7 Å². The number of ether oxygens (including phenoxy) is 1. The Balaban J connectivity index is 1.89. The van der Waals surface area contributed by atoms with E-state index >= 15 is 0 Å². The molecule has 1 aliphatic heterocycles. The van der Waals surface area contributed by atoms with Crippen molar-refractivity contribution in [1.82, 2.24) is 4.57 Å². The van der Waals surface area contributed by atoms with Gasteiger partial charge in [-0.2, -0.15) is 0 Å². The first-order chi connectivity index (χ1) is 15.3. The lowest BCUT2D eigenvalue weighted by Gasteiger charge is -2.23. The minimum Gasteiger partial charge on any atom is -0.463 e. The number of thiophene rings is 1. The molecule has 0 N–H and O–H groups in total. The van der Waals surface area contributed by atoms with E-state index in [1.54, 1.807) is 18.4 Å². The highest BCUT2D eigenvalue weighted by Gasteiger charge is 2.33. The summed E-state index contributed by atoms with van der Waals surface area (Å²) in [4.78, 5) is 34.4. The van der Waals surface area contributed by atoms with Crippen molar-refractivity contribution in [2.45, 2.75) is 19.9 Å². The van der Waals surface area contributed by atoms with Gasteiger partial charge in [0.25, 0.3) is 5.56 Å². The van der Waals surface area contributed by atoms with Crippen LogP contribution in [0, 0.1) is 0 Å². The summed E-state index contributed by atoms with van der Waals surface area (Å²) >= 11 is 6.43. The zero-order chi connectivity index (χ0) is 23.0. The monoisotopic (exact) mass is 531 g/mol. The number of esters is 1. The summed E-state index contributed by atoms with van der Waals surface area (Å²) in [5, 5.41) is 1.94. The number of anilines is 1. The second kappa shape index (κ2) is 9.17. The van der Waals surface area contributed by atoms with Crippen molar-refractivity contribution < 1.29 is 9.53 Å². The lowest BCUT2D eigenvalue weighted by atomic mass is 10.0. The number of aromatic nitrogens is 1. The van der Waals surface area contributed by atoms with Crippen molar-refractivity contribution in [3.05, 3.63) is 81.6 Å². The Morgan fingerprint density at radius 3 is 2.75 bits per heavy atom. The molecule has 2 aromatic heterocycles. The predicted molar refractivity (Wildman–Crippen MR) is 133 cm³/mol. The summed E-state index contributed by atoms with van der Waals surface area (Å²) < 4.78 is 8.42. The summed E-state index contributed by atoms with van der Waals surface area (Å²) in [6.07, 6.45) is 1.86. The standard InChI is InChI=1S/C23H22BrN3O3S2/c1-5-30-22(29)19-13(2)25-23-27(20(19)17-7-6-10-31-17)21(28)18(32-23)12-14-8-9-16(26(3)4)15(24)11-14/h6-12,20H,5H2,1-4H3/b18-12+/t20-/m1/s1. The van der Waals surface area contributed by atoms with Gasteiger partial charge in [0.15, 0.2) is 4.80 Å². The molecule has 0 amide bonds. The molecule has 3 heterocycles. The van der Waals surface area contributed by atoms with Crippen LogP contribution in [0.2, 0.25) is 0 Å². The Bertz CT molecular complexity index is 1380. The number of hydrogen-bond donors (Lipinski definition) is 0. The Kier molecular flexibility index (Phi) is 6.50. The first-order valence-electron chi connectivity index (χ1n) is 10.0. The molecule has 9 heteroatoms. The summed E-state index contributed by atoms with van der Waals surface area (Å²) in [5.41, 5.74) is 2.77. The highest BCUT2D eigenvalue weighted by molar-refractivity contribution is 9.10. The molecule has 0 radical (unpaired) electrons. The van der Waals surface area contributed by atoms with Gasteiger partial charge in [0.2, 0.25) is 0 Å². The number of carbonyl (C=O) groups excluding carboxylic acids is 1. The van der Waals surface area contributed by atoms with Gasteiger partial charge in [-0.15, -0.1) is 11.3 Å². The average molecular weight is 532 g/mol. The van der Waals surface area contributed by atoms with Crippen molar-refractivity contribution in [3.63, 3.8) is 0 Å². The number of fused-ring (bicyclic) bond motifs is 1. The van der Waals surface area contributed by atoms with Crippen LogP contribution in [0.25, 0.3) is 6.08 Å². The first-order valence-corrected chi connectivity index (χ1v) is 12.5. The molecule has 0 aliphatic carbocycles. The van der Waals surface area contributed by atoms with Crippen LogP contribution in [0.5, 0.6) is 0 Å². The lowest BCUT2D eigenvalue weighted by molar-refractivity contribution is -0.139. The van der Waals surface area contributed by atoms with Crippen molar-refractivity contribution in [2.24, 2.45) is 4.99 Å². The van der Waals surface area contributed by atoms with Crippen molar-refractivity contribution in [1.29, 1.82) is 0 Å². The van der Waals surface area contributed by atoms with Gasteiger partial charge in [-0.05, 0) is 65.0 Å². The number of halogens is 1. The van der Waals surface area contributed by atoms with Crippen molar-refractivity contribution in [2.75, 3.05) is 25.6 Å². The number of rotatable bonds is 5. The van der Waals surface area contributed by atoms with Crippen LogP contribution < -0.4 is 19.8 Å². The van der Waals surface area contributed by atoms with Crippen LogP contribution in [-0.2, 0) is 9.53 Å². The molecule has 32 heavy (non-hydrogen) atoms. The van der Waals surface area contributed by atoms with Crippen molar-refractivity contribution >= 4 is 56.3 Å². The van der Waals surface area contributed by atoms with E-state index in [0.29, 0.717) is 20.6 Å². The maximum absolute atomic E-state index is 13.5. The molecule has 0 saturated heterocycles. The van der Waals surface area contributed by atoms with E-state index in [9.17, 15) is 9.59 Å². The number of benzene rings is 1. The van der Waals surface area contributed by atoms with Crippen LogP contribution in [0.1, 0.15) is 30.3 Å². The van der Waals surface area contributed by atoms with E-state index in [0.717, 1.165) is 20.6 Å². The first kappa shape index (κ1) is 22.7. The summed E-state index contributed by atoms with van der Waals surface area (Å²) in [6, 6.07) is 9.27. The molecular weight excluding hydrogens is 510 g/mol. The maximum atomic E-state index is 13.5. The van der Waals surface area contributed by atoms with Gasteiger partial charge in [0.05, 0.1) is 28.1 Å². The van der Waals surface area contributed by atoms with Crippen LogP contribution >= 0.6 is 38.6 Å². The smallest absolute Gasteiger partial charge is 0.338 e. The summed E-state index contributed by atoms with van der Waals surface area (Å²) in [6.45, 7) is 3.82. The second-order valence-electron chi connectivity index (χ2n) is 7.42. The van der Waals surface area contributed by atoms with Gasteiger partial charge in [-0.25, -0.2) is 9.79 Å². The molecule has 1 atom stereocenters. The molecule has 3 aromatic rings. The molecule has 1 aliphatic rings. The Hall–Kier alpha value is -2.49. The minimum absolute atomic E-state index is 0.172. The maximum Gasteiger partial charge on any atom is 0.338 e. The van der Waals surface area contributed by atoms with E-state index in [1.807, 2.05) is 60.8 Å². The molecule has 6 nitrogen and oxygen atoms in total. The molecule has 4 rings (SSSR count). The van der Waals surface area contributed by atoms with Gasteiger partial charge in [-0.3, -0.25) is 9.36 Å². The summed E-state index contributed by atoms with van der Waals surface area (Å²) in [7, 11) is 3.96. The number of hydrogen-bond acceptors (Lipinski definition) is 7. The Labute approximate surface area is 201 Å². The van der Waals surface area contributed by atoms with Gasteiger partial charge in [-0.1, -0.05) is 23.5 Å². The van der Waals surface area contributed by atoms with E-state index < -0.39 is 12.0 Å². The van der Waals surface area contributed by atoms with Crippen LogP contribution in [0.15, 0.2) is 61.2 Å². The zero-order valence-electron chi connectivity index (χ0n) is 18.1. The van der Waals surface area contributed by atoms with E-state index in [2.05, 4.69) is 20.9 Å². The summed E-state index contributed by atoms with van der Waals surface area (Å²) in [5.74, 6) is -0.440. The highest BCUT2D eigenvalue weighted by Crippen LogP contribution is 2.33.